The lowest BCUT2D eigenvalue weighted by Gasteiger charge is -2.39. The molecule has 3 N–H and O–H groups in total. The molecule has 1 aromatic heterocycles. The molecule has 2 heterocycles. The van der Waals surface area contributed by atoms with Crippen LogP contribution in [0.1, 0.15) is 36.9 Å². The van der Waals surface area contributed by atoms with Crippen LogP contribution < -0.4 is 11.3 Å². The van der Waals surface area contributed by atoms with E-state index in [1.165, 1.54) is 42.0 Å². The molecule has 4 atom stereocenters. The van der Waals surface area contributed by atoms with Crippen molar-refractivity contribution in [1.82, 2.24) is 10.4 Å². The predicted molar refractivity (Wildman–Crippen MR) is 89.2 cm³/mol. The van der Waals surface area contributed by atoms with Gasteiger partial charge in [-0.25, -0.2) is 0 Å². The highest BCUT2D eigenvalue weighted by Gasteiger charge is 2.37. The molecule has 5 heteroatoms. The maximum atomic E-state index is 5.95. The van der Waals surface area contributed by atoms with E-state index in [4.69, 9.17) is 5.84 Å². The molecule has 0 bridgehead atoms. The van der Waals surface area contributed by atoms with Gasteiger partial charge in [0.25, 0.3) is 0 Å². The van der Waals surface area contributed by atoms with Crippen molar-refractivity contribution in [2.75, 3.05) is 11.5 Å². The van der Waals surface area contributed by atoms with Gasteiger partial charge in [-0.15, -0.1) is 0 Å². The largest absolute Gasteiger partial charge is 0.271 e. The molecule has 3 nitrogen and oxygen atoms in total. The molecule has 1 aliphatic carbocycles. The number of aryl methyl sites for hydroxylation is 1. The summed E-state index contributed by atoms with van der Waals surface area (Å²) in [7, 11) is 0. The van der Waals surface area contributed by atoms with Crippen LogP contribution in [-0.2, 0) is 6.42 Å². The third kappa shape index (κ3) is 2.86. The first-order chi connectivity index (χ1) is 9.81. The zero-order valence-electron chi connectivity index (χ0n) is 11.9. The van der Waals surface area contributed by atoms with Crippen LogP contribution in [0.5, 0.6) is 0 Å². The smallest absolute Gasteiger partial charge is 0.0482 e. The molecule has 0 spiro atoms. The number of hydrogen-bond donors (Lipinski definition) is 2. The molecule has 0 amide bonds. The Balaban J connectivity index is 1.86. The Morgan fingerprint density at radius 3 is 3.05 bits per heavy atom. The molecule has 1 aliphatic heterocycles. The monoisotopic (exact) mass is 309 g/mol. The Bertz CT molecular complexity index is 454. The lowest BCUT2D eigenvalue weighted by Crippen LogP contribution is -2.51. The maximum absolute atomic E-state index is 5.95. The van der Waals surface area contributed by atoms with Gasteiger partial charge in [-0.05, 0) is 30.9 Å². The number of pyridine rings is 1. The Morgan fingerprint density at radius 2 is 2.25 bits per heavy atom. The van der Waals surface area contributed by atoms with Crippen molar-refractivity contribution in [3.05, 3.63) is 29.6 Å². The number of rotatable bonds is 3. The Kier molecular flexibility index (Phi) is 4.91. The molecule has 110 valence electrons. The van der Waals surface area contributed by atoms with Crippen molar-refractivity contribution in [3.8, 4) is 0 Å². The third-order valence-corrected chi connectivity index (χ3v) is 7.67. The van der Waals surface area contributed by atoms with E-state index < -0.39 is 0 Å². The minimum atomic E-state index is 0.330. The number of nitrogens with two attached hydrogens (primary N) is 1. The van der Waals surface area contributed by atoms with Crippen molar-refractivity contribution in [2.45, 2.75) is 48.6 Å². The molecule has 0 aromatic carbocycles. The van der Waals surface area contributed by atoms with E-state index in [1.54, 1.807) is 0 Å². The summed E-state index contributed by atoms with van der Waals surface area (Å²) in [6, 6.07) is 4.62. The summed E-state index contributed by atoms with van der Waals surface area (Å²) in [5, 5.41) is 1.24. The van der Waals surface area contributed by atoms with Crippen molar-refractivity contribution < 1.29 is 0 Å². The first-order valence-corrected chi connectivity index (χ1v) is 9.54. The quantitative estimate of drug-likeness (QED) is 0.664. The number of hydrogen-bond acceptors (Lipinski definition) is 5. The summed E-state index contributed by atoms with van der Waals surface area (Å²) >= 11 is 4.16. The summed E-state index contributed by atoms with van der Waals surface area (Å²) in [4.78, 5) is 4.68. The van der Waals surface area contributed by atoms with Crippen molar-refractivity contribution in [1.29, 1.82) is 0 Å². The lowest BCUT2D eigenvalue weighted by molar-refractivity contribution is 0.378. The van der Waals surface area contributed by atoms with E-state index >= 15 is 0 Å². The van der Waals surface area contributed by atoms with Crippen LogP contribution in [0.2, 0.25) is 0 Å². The summed E-state index contributed by atoms with van der Waals surface area (Å²) in [5.74, 6) is 8.91. The van der Waals surface area contributed by atoms with Crippen molar-refractivity contribution in [2.24, 2.45) is 5.84 Å². The predicted octanol–water partition coefficient (Wildman–Crippen LogP) is 2.57. The summed E-state index contributed by atoms with van der Waals surface area (Å²) < 4.78 is 0. The highest BCUT2D eigenvalue weighted by Crippen LogP contribution is 2.40. The van der Waals surface area contributed by atoms with Gasteiger partial charge in [-0.1, -0.05) is 13.0 Å². The van der Waals surface area contributed by atoms with Gasteiger partial charge < -0.3 is 0 Å². The van der Waals surface area contributed by atoms with E-state index in [0.29, 0.717) is 22.5 Å². The number of fused-ring (bicyclic) bond motifs is 1. The third-order valence-electron chi connectivity index (χ3n) is 4.46. The lowest BCUT2D eigenvalue weighted by atomic mass is 9.80. The van der Waals surface area contributed by atoms with E-state index in [-0.39, 0.29) is 0 Å². The fourth-order valence-corrected chi connectivity index (χ4v) is 6.47. The number of thioether (sulfide) groups is 2. The summed E-state index contributed by atoms with van der Waals surface area (Å²) in [5.41, 5.74) is 5.84. The van der Waals surface area contributed by atoms with Crippen molar-refractivity contribution in [3.63, 3.8) is 0 Å². The molecule has 1 aromatic rings. The molecule has 1 saturated heterocycles. The van der Waals surface area contributed by atoms with Gasteiger partial charge in [0.15, 0.2) is 0 Å². The van der Waals surface area contributed by atoms with Crippen LogP contribution in [0.4, 0.5) is 0 Å². The van der Waals surface area contributed by atoms with E-state index in [9.17, 15) is 0 Å². The van der Waals surface area contributed by atoms with Crippen LogP contribution in [0, 0.1) is 0 Å². The van der Waals surface area contributed by atoms with Crippen molar-refractivity contribution >= 4 is 23.5 Å². The first kappa shape index (κ1) is 14.7. The zero-order chi connectivity index (χ0) is 13.9. The maximum Gasteiger partial charge on any atom is 0.0482 e. The Labute approximate surface area is 129 Å². The van der Waals surface area contributed by atoms with Gasteiger partial charge in [-0.2, -0.15) is 23.5 Å². The number of nitrogens with one attached hydrogen (secondary N) is 1. The van der Waals surface area contributed by atoms with Crippen LogP contribution in [0.25, 0.3) is 0 Å². The fourth-order valence-electron chi connectivity index (χ4n) is 3.48. The minimum Gasteiger partial charge on any atom is -0.271 e. The van der Waals surface area contributed by atoms with Gasteiger partial charge in [0.1, 0.15) is 0 Å². The van der Waals surface area contributed by atoms with Gasteiger partial charge in [0.2, 0.25) is 0 Å². The molecule has 2 aliphatic rings. The Morgan fingerprint density at radius 1 is 1.40 bits per heavy atom. The molecule has 0 saturated carbocycles. The molecular formula is C15H23N3S2. The van der Waals surface area contributed by atoms with Crippen LogP contribution in [0.3, 0.4) is 0 Å². The van der Waals surface area contributed by atoms with E-state index in [2.05, 4.69) is 53.0 Å². The van der Waals surface area contributed by atoms with Crippen LogP contribution in [-0.4, -0.2) is 33.0 Å². The minimum absolute atomic E-state index is 0.330. The molecule has 0 radical (unpaired) electrons. The van der Waals surface area contributed by atoms with Crippen LogP contribution in [0.15, 0.2) is 18.3 Å². The SMILES string of the molecule is CC1SCCSC1C(NN)C1CCCc2cccnc21. The highest BCUT2D eigenvalue weighted by molar-refractivity contribution is 8.07. The second-order valence-electron chi connectivity index (χ2n) is 5.65. The topological polar surface area (TPSA) is 50.9 Å². The molecule has 3 rings (SSSR count). The van der Waals surface area contributed by atoms with Crippen LogP contribution >= 0.6 is 23.5 Å². The molecule has 4 unspecified atom stereocenters. The zero-order valence-corrected chi connectivity index (χ0v) is 13.6. The molecule has 1 fully saturated rings. The molecular weight excluding hydrogens is 286 g/mol. The number of hydrazine groups is 1. The second-order valence-corrected chi connectivity index (χ2v) is 8.42. The number of nitrogens with zero attached hydrogens (tertiary/aromatic N) is 1. The summed E-state index contributed by atoms with van der Waals surface area (Å²) in [6.07, 6.45) is 5.55. The summed E-state index contributed by atoms with van der Waals surface area (Å²) in [6.45, 7) is 2.34. The average molecular weight is 310 g/mol. The first-order valence-electron chi connectivity index (χ1n) is 7.44. The van der Waals surface area contributed by atoms with E-state index in [1.807, 2.05) is 6.20 Å². The fraction of sp³-hybridized carbons (Fsp3) is 0.667. The van der Waals surface area contributed by atoms with E-state index in [0.717, 1.165) is 0 Å². The molecule has 20 heavy (non-hydrogen) atoms. The highest BCUT2D eigenvalue weighted by atomic mass is 32.2. The standard InChI is InChI=1S/C15H23N3S2/c1-10-15(20-9-8-19-10)14(18-16)12-6-2-4-11-5-3-7-17-13(11)12/h3,5,7,10,12,14-15,18H,2,4,6,8-9,16H2,1H3. The second kappa shape index (κ2) is 6.69. The van der Waals surface area contributed by atoms with Gasteiger partial charge >= 0.3 is 0 Å². The average Bonchev–Trinajstić information content (AvgIpc) is 2.50. The van der Waals surface area contributed by atoms with Gasteiger partial charge in [0, 0.05) is 45.9 Å². The number of aromatic nitrogens is 1. The normalized spacial score (nSPS) is 31.6. The van der Waals surface area contributed by atoms with Gasteiger partial charge in [-0.3, -0.25) is 16.3 Å². The Hall–Kier alpha value is -0.230. The van der Waals surface area contributed by atoms with Gasteiger partial charge in [0.05, 0.1) is 0 Å².